The predicted octanol–water partition coefficient (Wildman–Crippen LogP) is 4.69. The van der Waals surface area contributed by atoms with Gasteiger partial charge in [-0.25, -0.2) is 0 Å². The maximum atomic E-state index is 3.65. The summed E-state index contributed by atoms with van der Waals surface area (Å²) in [5.41, 5.74) is 3.21. The Hall–Kier alpha value is -0.820. The highest BCUT2D eigenvalue weighted by Crippen LogP contribution is 2.44. The fourth-order valence-electron chi connectivity index (χ4n) is 3.59. The second-order valence-electron chi connectivity index (χ2n) is 7.29. The summed E-state index contributed by atoms with van der Waals surface area (Å²) in [6, 6.07) is 9.52. The summed E-state index contributed by atoms with van der Waals surface area (Å²) in [7, 11) is 0. The summed E-state index contributed by atoms with van der Waals surface area (Å²) < 4.78 is 0. The lowest BCUT2D eigenvalue weighted by molar-refractivity contribution is 0.243. The Bertz CT molecular complexity index is 433. The lowest BCUT2D eigenvalue weighted by Crippen LogP contribution is -2.35. The van der Waals surface area contributed by atoms with Gasteiger partial charge in [0.25, 0.3) is 0 Å². The molecule has 1 aromatic rings. The van der Waals surface area contributed by atoms with Gasteiger partial charge in [-0.05, 0) is 73.6 Å². The van der Waals surface area contributed by atoms with Crippen LogP contribution in [0.5, 0.6) is 0 Å². The Morgan fingerprint density at radius 2 is 1.90 bits per heavy atom. The van der Waals surface area contributed by atoms with Crippen LogP contribution in [0.25, 0.3) is 0 Å². The van der Waals surface area contributed by atoms with Crippen molar-refractivity contribution in [3.63, 3.8) is 0 Å². The lowest BCUT2D eigenvalue weighted by Gasteiger charge is -2.38. The minimum atomic E-state index is 0.760. The van der Waals surface area contributed by atoms with Gasteiger partial charge in [0.2, 0.25) is 0 Å². The number of hydrogen-bond donors (Lipinski definition) is 1. The van der Waals surface area contributed by atoms with Crippen LogP contribution in [0, 0.1) is 11.8 Å². The minimum absolute atomic E-state index is 0.760. The highest BCUT2D eigenvalue weighted by atomic mass is 14.9. The van der Waals surface area contributed by atoms with Crippen LogP contribution < -0.4 is 5.32 Å². The third-order valence-electron chi connectivity index (χ3n) is 5.29. The molecule has 110 valence electrons. The smallest absolute Gasteiger partial charge is 0.00146 e. The zero-order valence-corrected chi connectivity index (χ0v) is 13.1. The molecular formula is C19H29N. The average molecular weight is 271 g/mol. The van der Waals surface area contributed by atoms with Gasteiger partial charge < -0.3 is 5.32 Å². The summed E-state index contributed by atoms with van der Waals surface area (Å²) in [5, 5.41) is 3.65. The molecule has 2 saturated carbocycles. The maximum absolute atomic E-state index is 3.65. The first-order valence-corrected chi connectivity index (χ1v) is 8.54. The first-order chi connectivity index (χ1) is 9.74. The van der Waals surface area contributed by atoms with Crippen LogP contribution >= 0.6 is 0 Å². The van der Waals surface area contributed by atoms with E-state index in [1.165, 1.54) is 38.6 Å². The summed E-state index contributed by atoms with van der Waals surface area (Å²) in [5.74, 6) is 3.31. The van der Waals surface area contributed by atoms with Gasteiger partial charge in [0.15, 0.2) is 0 Å². The number of hydrogen-bond acceptors (Lipinski definition) is 1. The van der Waals surface area contributed by atoms with Gasteiger partial charge in [0, 0.05) is 0 Å². The largest absolute Gasteiger partial charge is 0.316 e. The minimum Gasteiger partial charge on any atom is -0.316 e. The maximum Gasteiger partial charge on any atom is -0.00146 e. The number of nitrogens with one attached hydrogen (secondary N) is 1. The molecule has 2 aliphatic rings. The summed E-state index contributed by atoms with van der Waals surface area (Å²) >= 11 is 0. The standard InChI is InChI=1S/C19H29N/c1-14(2)12-20-13-18-9-10-19(18)17-8-4-7-16(11-17)15-5-3-6-15/h4,7-8,11,14-15,18-20H,3,5-6,9-10,12-13H2,1-2H3. The van der Waals surface area contributed by atoms with Crippen LogP contribution in [0.15, 0.2) is 24.3 Å². The van der Waals surface area contributed by atoms with Gasteiger partial charge in [-0.3, -0.25) is 0 Å². The Morgan fingerprint density at radius 3 is 2.50 bits per heavy atom. The molecule has 3 rings (SSSR count). The Labute approximate surface area is 124 Å². The molecule has 2 unspecified atom stereocenters. The van der Waals surface area contributed by atoms with Gasteiger partial charge in [0.05, 0.1) is 0 Å². The molecule has 2 aliphatic carbocycles. The van der Waals surface area contributed by atoms with E-state index in [4.69, 9.17) is 0 Å². The van der Waals surface area contributed by atoms with Crippen LogP contribution in [0.2, 0.25) is 0 Å². The van der Waals surface area contributed by atoms with E-state index in [1.807, 2.05) is 0 Å². The molecule has 0 aromatic heterocycles. The van der Waals surface area contributed by atoms with Crippen molar-refractivity contribution in [1.29, 1.82) is 0 Å². The molecule has 0 spiro atoms. The van der Waals surface area contributed by atoms with Crippen molar-refractivity contribution in [3.8, 4) is 0 Å². The van der Waals surface area contributed by atoms with E-state index in [1.54, 1.807) is 11.1 Å². The summed E-state index contributed by atoms with van der Waals surface area (Å²) in [6.45, 7) is 6.93. The van der Waals surface area contributed by atoms with Crippen molar-refractivity contribution in [1.82, 2.24) is 5.32 Å². The van der Waals surface area contributed by atoms with Crippen molar-refractivity contribution in [2.75, 3.05) is 13.1 Å². The first kappa shape index (κ1) is 14.1. The Kier molecular flexibility index (Phi) is 4.45. The lowest BCUT2D eigenvalue weighted by atomic mass is 9.69. The molecular weight excluding hydrogens is 242 g/mol. The van der Waals surface area contributed by atoms with Crippen molar-refractivity contribution in [2.24, 2.45) is 11.8 Å². The highest BCUT2D eigenvalue weighted by Gasteiger charge is 2.32. The molecule has 1 nitrogen and oxygen atoms in total. The van der Waals surface area contributed by atoms with Crippen molar-refractivity contribution in [2.45, 2.75) is 57.8 Å². The Balaban J connectivity index is 1.58. The van der Waals surface area contributed by atoms with Crippen molar-refractivity contribution < 1.29 is 0 Å². The second-order valence-corrected chi connectivity index (χ2v) is 7.29. The molecule has 2 fully saturated rings. The monoisotopic (exact) mass is 271 g/mol. The van der Waals surface area contributed by atoms with Crippen LogP contribution in [0.4, 0.5) is 0 Å². The van der Waals surface area contributed by atoms with E-state index in [-0.39, 0.29) is 0 Å². The molecule has 0 amide bonds. The van der Waals surface area contributed by atoms with E-state index in [2.05, 4.69) is 43.4 Å². The van der Waals surface area contributed by atoms with Gasteiger partial charge >= 0.3 is 0 Å². The molecule has 0 radical (unpaired) electrons. The number of benzene rings is 1. The molecule has 0 heterocycles. The van der Waals surface area contributed by atoms with Gasteiger partial charge in [-0.15, -0.1) is 0 Å². The second kappa shape index (κ2) is 6.30. The summed E-state index contributed by atoms with van der Waals surface area (Å²) in [6.07, 6.45) is 7.05. The van der Waals surface area contributed by atoms with Crippen LogP contribution in [0.1, 0.15) is 68.9 Å². The molecule has 0 saturated heterocycles. The average Bonchev–Trinajstić information content (AvgIpc) is 2.31. The van der Waals surface area contributed by atoms with E-state index in [0.29, 0.717) is 0 Å². The normalized spacial score (nSPS) is 26.4. The van der Waals surface area contributed by atoms with Gasteiger partial charge in [-0.2, -0.15) is 0 Å². The van der Waals surface area contributed by atoms with Crippen LogP contribution in [-0.2, 0) is 0 Å². The first-order valence-electron chi connectivity index (χ1n) is 8.54. The molecule has 1 N–H and O–H groups in total. The van der Waals surface area contributed by atoms with Gasteiger partial charge in [0.1, 0.15) is 0 Å². The Morgan fingerprint density at radius 1 is 1.10 bits per heavy atom. The van der Waals surface area contributed by atoms with Crippen LogP contribution in [0.3, 0.4) is 0 Å². The SMILES string of the molecule is CC(C)CNCC1CCC1c1cccc(C2CCC2)c1. The fraction of sp³-hybridized carbons (Fsp3) is 0.684. The molecule has 1 aromatic carbocycles. The third-order valence-corrected chi connectivity index (χ3v) is 5.29. The van der Waals surface area contributed by atoms with E-state index < -0.39 is 0 Å². The highest BCUT2D eigenvalue weighted by molar-refractivity contribution is 5.31. The quantitative estimate of drug-likeness (QED) is 0.791. The number of rotatable bonds is 6. The van der Waals surface area contributed by atoms with Crippen LogP contribution in [-0.4, -0.2) is 13.1 Å². The van der Waals surface area contributed by atoms with E-state index >= 15 is 0 Å². The van der Waals surface area contributed by atoms with E-state index in [0.717, 1.165) is 30.2 Å². The topological polar surface area (TPSA) is 12.0 Å². The fourth-order valence-corrected chi connectivity index (χ4v) is 3.59. The van der Waals surface area contributed by atoms with E-state index in [9.17, 15) is 0 Å². The third kappa shape index (κ3) is 3.09. The predicted molar refractivity (Wildman–Crippen MR) is 86.2 cm³/mol. The zero-order chi connectivity index (χ0) is 13.9. The molecule has 2 atom stereocenters. The summed E-state index contributed by atoms with van der Waals surface area (Å²) in [4.78, 5) is 0. The zero-order valence-electron chi connectivity index (χ0n) is 13.1. The van der Waals surface area contributed by atoms with Crippen molar-refractivity contribution >= 4 is 0 Å². The molecule has 0 aliphatic heterocycles. The molecule has 0 bridgehead atoms. The molecule has 1 heteroatoms. The van der Waals surface area contributed by atoms with Crippen molar-refractivity contribution in [3.05, 3.63) is 35.4 Å². The van der Waals surface area contributed by atoms with Gasteiger partial charge in [-0.1, -0.05) is 44.5 Å². The molecule has 20 heavy (non-hydrogen) atoms.